The van der Waals surface area contributed by atoms with E-state index in [1.54, 1.807) is 18.2 Å². The highest BCUT2D eigenvalue weighted by Crippen LogP contribution is 2.31. The van der Waals surface area contributed by atoms with Gasteiger partial charge in [-0.3, -0.25) is 4.79 Å². The molecule has 0 spiro atoms. The van der Waals surface area contributed by atoms with Crippen LogP contribution in [-0.2, 0) is 0 Å². The average molecular weight is 290 g/mol. The van der Waals surface area contributed by atoms with E-state index in [1.165, 1.54) is 12.1 Å². The number of rotatable bonds is 2. The second-order valence-electron chi connectivity index (χ2n) is 4.51. The van der Waals surface area contributed by atoms with Crippen molar-refractivity contribution >= 4 is 17.3 Å². The Morgan fingerprint density at radius 2 is 2.00 bits per heavy atom. The minimum absolute atomic E-state index is 0.207. The quantitative estimate of drug-likeness (QED) is 0.894. The zero-order chi connectivity index (χ0) is 14.8. The number of benzene rings is 2. The predicted molar refractivity (Wildman–Crippen MR) is 74.7 cm³/mol. The normalized spacial score (nSPS) is 12.9. The zero-order valence-corrected chi connectivity index (χ0v) is 11.0. The molecule has 4 nitrogen and oxygen atoms in total. The molecule has 0 fully saturated rings. The fourth-order valence-corrected chi connectivity index (χ4v) is 2.14. The summed E-state index contributed by atoms with van der Waals surface area (Å²) in [6.45, 7) is 1.09. The summed E-state index contributed by atoms with van der Waals surface area (Å²) in [5.74, 6) is -2.24. The maximum atomic E-state index is 13.6. The maximum absolute atomic E-state index is 13.6. The van der Waals surface area contributed by atoms with Crippen LogP contribution in [0.3, 0.4) is 0 Å². The van der Waals surface area contributed by atoms with E-state index in [0.29, 0.717) is 24.6 Å². The Balaban J connectivity index is 1.91. The first kappa shape index (κ1) is 13.4. The monoisotopic (exact) mass is 290 g/mol. The van der Waals surface area contributed by atoms with Gasteiger partial charge in [0.15, 0.2) is 17.4 Å². The molecule has 0 aromatic heterocycles. The Labute approximate surface area is 119 Å². The first-order valence-corrected chi connectivity index (χ1v) is 6.42. The minimum Gasteiger partial charge on any atom is -0.489 e. The Kier molecular flexibility index (Phi) is 3.43. The number of nitrogens with one attached hydrogen (secondary N) is 2. The van der Waals surface area contributed by atoms with Crippen LogP contribution in [0, 0.1) is 11.6 Å². The zero-order valence-electron chi connectivity index (χ0n) is 11.0. The third-order valence-corrected chi connectivity index (χ3v) is 3.12. The van der Waals surface area contributed by atoms with E-state index in [4.69, 9.17) is 4.74 Å². The summed E-state index contributed by atoms with van der Waals surface area (Å²) < 4.78 is 32.2. The summed E-state index contributed by atoms with van der Waals surface area (Å²) in [4.78, 5) is 12.2. The molecule has 2 N–H and O–H groups in total. The van der Waals surface area contributed by atoms with Gasteiger partial charge in [-0.2, -0.15) is 0 Å². The average Bonchev–Trinajstić information content (AvgIpc) is 2.51. The van der Waals surface area contributed by atoms with Crippen molar-refractivity contribution in [2.24, 2.45) is 0 Å². The fourth-order valence-electron chi connectivity index (χ4n) is 2.14. The van der Waals surface area contributed by atoms with Gasteiger partial charge in [-0.25, -0.2) is 8.78 Å². The van der Waals surface area contributed by atoms with E-state index in [2.05, 4.69) is 10.6 Å². The Bertz CT molecular complexity index is 704. The number of fused-ring (bicyclic) bond motifs is 1. The van der Waals surface area contributed by atoms with Gasteiger partial charge >= 0.3 is 0 Å². The molecule has 0 bridgehead atoms. The van der Waals surface area contributed by atoms with Gasteiger partial charge in [0, 0.05) is 6.54 Å². The van der Waals surface area contributed by atoms with Crippen LogP contribution in [0.1, 0.15) is 10.4 Å². The lowest BCUT2D eigenvalue weighted by Gasteiger charge is -2.21. The lowest BCUT2D eigenvalue weighted by molar-refractivity contribution is 0.102. The molecule has 0 radical (unpaired) electrons. The minimum atomic E-state index is -1.09. The van der Waals surface area contributed by atoms with E-state index < -0.39 is 17.5 Å². The highest BCUT2D eigenvalue weighted by molar-refractivity contribution is 6.07. The van der Waals surface area contributed by atoms with Crippen LogP contribution in [0.2, 0.25) is 0 Å². The molecule has 0 atom stereocenters. The molecule has 0 aliphatic carbocycles. The van der Waals surface area contributed by atoms with Gasteiger partial charge in [0.05, 0.1) is 16.9 Å². The van der Waals surface area contributed by atoms with Gasteiger partial charge in [-0.15, -0.1) is 0 Å². The molecule has 6 heteroatoms. The third kappa shape index (κ3) is 2.52. The van der Waals surface area contributed by atoms with Gasteiger partial charge in [0.1, 0.15) is 6.61 Å². The molecular formula is C15H12F2N2O2. The standard InChI is InChI=1S/C15H12F2N2O2/c16-10-4-2-5-11(13(10)17)19-15(20)9-3-1-6-12-14(9)21-8-7-18-12/h1-6,18H,7-8H2,(H,19,20). The molecule has 1 aliphatic rings. The van der Waals surface area contributed by atoms with Crippen molar-refractivity contribution in [1.82, 2.24) is 0 Å². The molecule has 2 aromatic carbocycles. The van der Waals surface area contributed by atoms with E-state index in [1.807, 2.05) is 0 Å². The summed E-state index contributed by atoms with van der Waals surface area (Å²) in [5.41, 5.74) is 0.762. The smallest absolute Gasteiger partial charge is 0.259 e. The van der Waals surface area contributed by atoms with Crippen LogP contribution in [0.25, 0.3) is 0 Å². The van der Waals surface area contributed by atoms with Gasteiger partial charge < -0.3 is 15.4 Å². The molecule has 21 heavy (non-hydrogen) atoms. The van der Waals surface area contributed by atoms with Crippen molar-refractivity contribution in [2.75, 3.05) is 23.8 Å². The topological polar surface area (TPSA) is 50.4 Å². The van der Waals surface area contributed by atoms with E-state index in [-0.39, 0.29) is 11.3 Å². The van der Waals surface area contributed by atoms with Crippen LogP contribution in [0.15, 0.2) is 36.4 Å². The number of hydrogen-bond acceptors (Lipinski definition) is 3. The van der Waals surface area contributed by atoms with E-state index >= 15 is 0 Å². The first-order valence-electron chi connectivity index (χ1n) is 6.42. The largest absolute Gasteiger partial charge is 0.489 e. The summed E-state index contributed by atoms with van der Waals surface area (Å²) in [5, 5.41) is 5.46. The predicted octanol–water partition coefficient (Wildman–Crippen LogP) is 3.02. The third-order valence-electron chi connectivity index (χ3n) is 3.12. The molecule has 1 amide bonds. The number of anilines is 2. The Hall–Kier alpha value is -2.63. The fraction of sp³-hybridized carbons (Fsp3) is 0.133. The van der Waals surface area contributed by atoms with Gasteiger partial charge in [0.25, 0.3) is 5.91 Å². The van der Waals surface area contributed by atoms with E-state index in [9.17, 15) is 13.6 Å². The summed E-state index contributed by atoms with van der Waals surface area (Å²) in [6, 6.07) is 8.66. The second-order valence-corrected chi connectivity index (χ2v) is 4.51. The molecule has 1 aliphatic heterocycles. The molecule has 2 aromatic rings. The number of carbonyl (C=O) groups excluding carboxylic acids is 1. The Morgan fingerprint density at radius 3 is 2.86 bits per heavy atom. The number of para-hydroxylation sites is 1. The number of carbonyl (C=O) groups is 1. The van der Waals surface area contributed by atoms with Crippen molar-refractivity contribution < 1.29 is 18.3 Å². The lowest BCUT2D eigenvalue weighted by atomic mass is 10.1. The number of ether oxygens (including phenoxy) is 1. The molecule has 1 heterocycles. The Morgan fingerprint density at radius 1 is 1.19 bits per heavy atom. The lowest BCUT2D eigenvalue weighted by Crippen LogP contribution is -2.22. The van der Waals surface area contributed by atoms with Crippen LogP contribution in [-0.4, -0.2) is 19.1 Å². The molecular weight excluding hydrogens is 278 g/mol. The second kappa shape index (κ2) is 5.40. The van der Waals surface area contributed by atoms with Crippen LogP contribution in [0.4, 0.5) is 20.2 Å². The summed E-state index contributed by atoms with van der Waals surface area (Å²) >= 11 is 0. The molecule has 3 rings (SSSR count). The number of hydrogen-bond donors (Lipinski definition) is 2. The van der Waals surface area contributed by atoms with Crippen LogP contribution >= 0.6 is 0 Å². The van der Waals surface area contributed by atoms with Crippen LogP contribution in [0.5, 0.6) is 5.75 Å². The first-order chi connectivity index (χ1) is 10.2. The SMILES string of the molecule is O=C(Nc1cccc(F)c1F)c1cccc2c1OCCN2. The van der Waals surface area contributed by atoms with Crippen LogP contribution < -0.4 is 15.4 Å². The summed E-state index contributed by atoms with van der Waals surface area (Å²) in [6.07, 6.45) is 0. The van der Waals surface area contributed by atoms with Crippen molar-refractivity contribution in [3.63, 3.8) is 0 Å². The molecule has 0 saturated carbocycles. The van der Waals surface area contributed by atoms with Gasteiger partial charge in [0.2, 0.25) is 0 Å². The molecule has 108 valence electrons. The van der Waals surface area contributed by atoms with Gasteiger partial charge in [-0.05, 0) is 24.3 Å². The highest BCUT2D eigenvalue weighted by atomic mass is 19.2. The molecule has 0 saturated heterocycles. The van der Waals surface area contributed by atoms with Gasteiger partial charge in [-0.1, -0.05) is 12.1 Å². The van der Waals surface area contributed by atoms with Crippen molar-refractivity contribution in [3.05, 3.63) is 53.6 Å². The van der Waals surface area contributed by atoms with Crippen molar-refractivity contribution in [3.8, 4) is 5.75 Å². The van der Waals surface area contributed by atoms with Crippen molar-refractivity contribution in [2.45, 2.75) is 0 Å². The maximum Gasteiger partial charge on any atom is 0.259 e. The summed E-state index contributed by atoms with van der Waals surface area (Å²) in [7, 11) is 0. The van der Waals surface area contributed by atoms with Crippen molar-refractivity contribution in [1.29, 1.82) is 0 Å². The number of halogens is 2. The number of amides is 1. The highest BCUT2D eigenvalue weighted by Gasteiger charge is 2.20. The van der Waals surface area contributed by atoms with E-state index in [0.717, 1.165) is 6.07 Å². The molecule has 0 unspecified atom stereocenters.